The predicted molar refractivity (Wildman–Crippen MR) is 289 cm³/mol. The van der Waals surface area contributed by atoms with Crippen LogP contribution in [0.15, 0.2) is 12.2 Å². The topological polar surface area (TPSA) is 134 Å². The van der Waals surface area contributed by atoms with E-state index >= 15 is 0 Å². The summed E-state index contributed by atoms with van der Waals surface area (Å²) < 4.78 is 32.9. The zero-order valence-corrected chi connectivity index (χ0v) is 46.0. The van der Waals surface area contributed by atoms with Crippen molar-refractivity contribution in [3.8, 4) is 0 Å². The number of phosphoric acid groups is 1. The number of hydrogen-bond acceptors (Lipinski definition) is 8. The van der Waals surface area contributed by atoms with Gasteiger partial charge in [0, 0.05) is 19.4 Å². The molecule has 0 radical (unpaired) electrons. The number of esters is 2. The summed E-state index contributed by atoms with van der Waals surface area (Å²) >= 11 is 0. The van der Waals surface area contributed by atoms with Gasteiger partial charge in [-0.15, -0.1) is 0 Å². The molecular formula is C58H114NO8P. The molecular weight excluding hydrogens is 870 g/mol. The first-order valence-corrected chi connectivity index (χ1v) is 31.2. The fourth-order valence-electron chi connectivity index (χ4n) is 8.97. The number of carbonyl (C=O) groups excluding carboxylic acids is 2. The number of ether oxygens (including phenoxy) is 2. The molecule has 68 heavy (non-hydrogen) atoms. The molecule has 2 unspecified atom stereocenters. The normalized spacial score (nSPS) is 13.1. The Hall–Kier alpha value is -1.25. The Morgan fingerprint density at radius 3 is 1.09 bits per heavy atom. The summed E-state index contributed by atoms with van der Waals surface area (Å²) in [5.41, 5.74) is 5.36. The molecule has 9 nitrogen and oxygen atoms in total. The van der Waals surface area contributed by atoms with Crippen LogP contribution in [0, 0.1) is 0 Å². The van der Waals surface area contributed by atoms with Gasteiger partial charge in [0.15, 0.2) is 6.10 Å². The first-order chi connectivity index (χ1) is 33.3. The van der Waals surface area contributed by atoms with Crippen LogP contribution in [-0.4, -0.2) is 49.3 Å². The maximum atomic E-state index is 12.6. The van der Waals surface area contributed by atoms with Crippen LogP contribution in [0.5, 0.6) is 0 Å². The molecule has 2 atom stereocenters. The molecule has 0 aromatic rings. The highest BCUT2D eigenvalue weighted by Crippen LogP contribution is 2.43. The van der Waals surface area contributed by atoms with Crippen molar-refractivity contribution in [1.29, 1.82) is 0 Å². The Labute approximate surface area is 421 Å². The van der Waals surface area contributed by atoms with Crippen LogP contribution < -0.4 is 5.73 Å². The summed E-state index contributed by atoms with van der Waals surface area (Å²) in [6.45, 7) is 3.74. The summed E-state index contributed by atoms with van der Waals surface area (Å²) in [4.78, 5) is 35.0. The van der Waals surface area contributed by atoms with E-state index in [4.69, 9.17) is 24.3 Å². The molecule has 0 aliphatic heterocycles. The largest absolute Gasteiger partial charge is 0.472 e. The second kappa shape index (κ2) is 55.1. The standard InChI is InChI=1S/C58H114NO8P/c1-3-5-7-9-11-13-15-16-17-18-19-20-21-22-23-24-25-26-27-28-29-30-31-32-33-34-35-36-37-38-39-41-42-44-46-48-50-57(60)64-54-56(55-66-68(62,63)65-53-52-59)67-58(61)51-49-47-45-43-40-14-12-10-8-6-4-2/h10,12,56H,3-9,11,13-55,59H2,1-2H3,(H,62,63)/b12-10-. The maximum absolute atomic E-state index is 12.6. The van der Waals surface area contributed by atoms with E-state index in [2.05, 4.69) is 26.0 Å². The lowest BCUT2D eigenvalue weighted by atomic mass is 10.0. The van der Waals surface area contributed by atoms with Crippen molar-refractivity contribution < 1.29 is 37.6 Å². The monoisotopic (exact) mass is 984 g/mol. The summed E-state index contributed by atoms with van der Waals surface area (Å²) in [6.07, 6.45) is 63.2. The van der Waals surface area contributed by atoms with Crippen LogP contribution in [-0.2, 0) is 32.7 Å². The molecule has 0 spiro atoms. The predicted octanol–water partition coefficient (Wildman–Crippen LogP) is 18.5. The van der Waals surface area contributed by atoms with Gasteiger partial charge in [-0.25, -0.2) is 4.57 Å². The van der Waals surface area contributed by atoms with Gasteiger partial charge in [-0.1, -0.05) is 283 Å². The van der Waals surface area contributed by atoms with E-state index in [-0.39, 0.29) is 38.6 Å². The van der Waals surface area contributed by atoms with Crippen molar-refractivity contribution in [3.63, 3.8) is 0 Å². The van der Waals surface area contributed by atoms with E-state index in [1.54, 1.807) is 0 Å². The lowest BCUT2D eigenvalue weighted by Gasteiger charge is -2.19. The van der Waals surface area contributed by atoms with Crippen LogP contribution >= 0.6 is 7.82 Å². The van der Waals surface area contributed by atoms with Gasteiger partial charge in [-0.2, -0.15) is 0 Å². The minimum Gasteiger partial charge on any atom is -0.462 e. The van der Waals surface area contributed by atoms with E-state index in [0.29, 0.717) is 6.42 Å². The molecule has 0 aromatic heterocycles. The Morgan fingerprint density at radius 1 is 0.426 bits per heavy atom. The first-order valence-electron chi connectivity index (χ1n) is 29.7. The highest BCUT2D eigenvalue weighted by molar-refractivity contribution is 7.47. The molecule has 0 aromatic carbocycles. The quantitative estimate of drug-likeness (QED) is 0.0264. The smallest absolute Gasteiger partial charge is 0.462 e. The van der Waals surface area contributed by atoms with Crippen molar-refractivity contribution in [2.75, 3.05) is 26.4 Å². The van der Waals surface area contributed by atoms with E-state index < -0.39 is 26.5 Å². The van der Waals surface area contributed by atoms with E-state index in [1.807, 2.05) is 0 Å². The summed E-state index contributed by atoms with van der Waals surface area (Å²) in [5, 5.41) is 0. The van der Waals surface area contributed by atoms with E-state index in [1.165, 1.54) is 225 Å². The molecule has 0 saturated carbocycles. The number of rotatable bonds is 57. The average Bonchev–Trinajstić information content (AvgIpc) is 3.33. The minimum absolute atomic E-state index is 0.0549. The maximum Gasteiger partial charge on any atom is 0.472 e. The molecule has 0 heterocycles. The SMILES string of the molecule is CCCC/C=C\CCCCCCCC(=O)OC(COC(=O)CCCCCCCCCCCCCCCCCCCCCCCCCCCCCCCCCCCCCC)COP(=O)(O)OCCN. The van der Waals surface area contributed by atoms with Gasteiger partial charge >= 0.3 is 19.8 Å². The Bertz CT molecular complexity index is 1120. The molecule has 0 aliphatic rings. The summed E-state index contributed by atoms with van der Waals surface area (Å²) in [5.74, 6) is -0.824. The van der Waals surface area contributed by atoms with Crippen molar-refractivity contribution in [2.24, 2.45) is 5.73 Å². The molecule has 10 heteroatoms. The van der Waals surface area contributed by atoms with Crippen LogP contribution in [0.25, 0.3) is 0 Å². The zero-order valence-electron chi connectivity index (χ0n) is 45.1. The number of hydrogen-bond donors (Lipinski definition) is 2. The molecule has 0 amide bonds. The molecule has 0 rings (SSSR count). The molecule has 0 bridgehead atoms. The molecule has 0 aliphatic carbocycles. The second-order valence-corrected chi connectivity index (χ2v) is 21.7. The molecule has 0 saturated heterocycles. The van der Waals surface area contributed by atoms with Crippen molar-refractivity contribution in [2.45, 2.75) is 322 Å². The van der Waals surface area contributed by atoms with Crippen LogP contribution in [0.3, 0.4) is 0 Å². The van der Waals surface area contributed by atoms with Gasteiger partial charge in [-0.05, 0) is 32.1 Å². The number of allylic oxidation sites excluding steroid dienone is 2. The fourth-order valence-corrected chi connectivity index (χ4v) is 9.74. The van der Waals surface area contributed by atoms with Gasteiger partial charge in [0.05, 0.1) is 13.2 Å². The Morgan fingerprint density at radius 2 is 0.735 bits per heavy atom. The third-order valence-electron chi connectivity index (χ3n) is 13.4. The van der Waals surface area contributed by atoms with Crippen molar-refractivity contribution >= 4 is 19.8 Å². The van der Waals surface area contributed by atoms with Crippen molar-refractivity contribution in [3.05, 3.63) is 12.2 Å². The third-order valence-corrected chi connectivity index (χ3v) is 14.4. The molecule has 3 N–H and O–H groups in total. The minimum atomic E-state index is -4.38. The lowest BCUT2D eigenvalue weighted by molar-refractivity contribution is -0.161. The van der Waals surface area contributed by atoms with Gasteiger partial charge in [0.2, 0.25) is 0 Å². The van der Waals surface area contributed by atoms with Gasteiger partial charge in [0.25, 0.3) is 0 Å². The third kappa shape index (κ3) is 54.1. The highest BCUT2D eigenvalue weighted by Gasteiger charge is 2.26. The molecule has 404 valence electrons. The Balaban J connectivity index is 3.69. The van der Waals surface area contributed by atoms with Crippen LogP contribution in [0.4, 0.5) is 0 Å². The summed E-state index contributed by atoms with van der Waals surface area (Å²) in [7, 11) is -4.38. The average molecular weight is 985 g/mol. The zero-order chi connectivity index (χ0) is 49.5. The Kier molecular flexibility index (Phi) is 54.1. The number of unbranched alkanes of at least 4 members (excludes halogenated alkanes) is 42. The lowest BCUT2D eigenvalue weighted by Crippen LogP contribution is -2.29. The first kappa shape index (κ1) is 66.8. The van der Waals surface area contributed by atoms with E-state index in [0.717, 1.165) is 57.8 Å². The fraction of sp³-hybridized carbons (Fsp3) is 0.931. The number of nitrogens with two attached hydrogens (primary N) is 1. The number of carbonyl (C=O) groups is 2. The van der Waals surface area contributed by atoms with E-state index in [9.17, 15) is 19.0 Å². The molecule has 0 fully saturated rings. The highest BCUT2D eigenvalue weighted by atomic mass is 31.2. The van der Waals surface area contributed by atoms with Gasteiger partial charge in [-0.3, -0.25) is 18.6 Å². The number of phosphoric ester groups is 1. The van der Waals surface area contributed by atoms with Gasteiger partial charge in [0.1, 0.15) is 6.61 Å². The second-order valence-electron chi connectivity index (χ2n) is 20.2. The van der Waals surface area contributed by atoms with Crippen LogP contribution in [0.1, 0.15) is 316 Å². The summed E-state index contributed by atoms with van der Waals surface area (Å²) in [6, 6.07) is 0. The van der Waals surface area contributed by atoms with Gasteiger partial charge < -0.3 is 20.1 Å². The van der Waals surface area contributed by atoms with Crippen molar-refractivity contribution in [1.82, 2.24) is 0 Å². The van der Waals surface area contributed by atoms with Crippen LogP contribution in [0.2, 0.25) is 0 Å².